The molecule has 1 aromatic heterocycles. The molecule has 242 valence electrons. The summed E-state index contributed by atoms with van der Waals surface area (Å²) >= 11 is 1.63. The summed E-state index contributed by atoms with van der Waals surface area (Å²) in [4.78, 5) is 30.3. The van der Waals surface area contributed by atoms with Crippen LogP contribution in [0, 0.1) is 6.92 Å². The maximum Gasteiger partial charge on any atom is 0.573 e. The molecule has 1 saturated heterocycles. The molecule has 11 heteroatoms. The van der Waals surface area contributed by atoms with Crippen LogP contribution >= 0.6 is 11.3 Å². The minimum absolute atomic E-state index is 0.0165. The second-order valence-corrected chi connectivity index (χ2v) is 12.4. The van der Waals surface area contributed by atoms with Gasteiger partial charge in [0.2, 0.25) is 0 Å². The highest BCUT2D eigenvalue weighted by atomic mass is 32.1. The number of hydrogen-bond donors (Lipinski definition) is 3. The van der Waals surface area contributed by atoms with E-state index in [1.807, 2.05) is 59.7 Å². The summed E-state index contributed by atoms with van der Waals surface area (Å²) in [5.74, 6) is -0.876. The third kappa shape index (κ3) is 8.96. The molecule has 1 aliphatic rings. The Hall–Kier alpha value is -4.19. The number of nitrogens with zero attached hydrogens (tertiary/aromatic N) is 1. The van der Waals surface area contributed by atoms with Crippen molar-refractivity contribution in [3.8, 4) is 5.75 Å². The number of halogens is 3. The van der Waals surface area contributed by atoms with Gasteiger partial charge in [-0.05, 0) is 84.7 Å². The van der Waals surface area contributed by atoms with E-state index in [4.69, 9.17) is 0 Å². The largest absolute Gasteiger partial charge is 0.573 e. The molecular formula is C35H36F3N3O4S. The molecule has 0 spiro atoms. The highest BCUT2D eigenvalue weighted by Gasteiger charge is 2.32. The molecular weight excluding hydrogens is 615 g/mol. The van der Waals surface area contributed by atoms with Gasteiger partial charge in [0.1, 0.15) is 5.75 Å². The number of hydrogen-bond acceptors (Lipinski definition) is 6. The highest BCUT2D eigenvalue weighted by Crippen LogP contribution is 2.35. The molecule has 3 aromatic carbocycles. The van der Waals surface area contributed by atoms with Crippen LogP contribution in [0.3, 0.4) is 0 Å². The van der Waals surface area contributed by atoms with E-state index in [2.05, 4.69) is 15.4 Å². The molecule has 46 heavy (non-hydrogen) atoms. The number of nitrogens with one attached hydrogen (secondary N) is 2. The lowest BCUT2D eigenvalue weighted by Crippen LogP contribution is -2.48. The Bertz CT molecular complexity index is 1620. The van der Waals surface area contributed by atoms with Crippen LogP contribution in [-0.4, -0.2) is 53.4 Å². The summed E-state index contributed by atoms with van der Waals surface area (Å²) in [5.41, 5.74) is 2.95. The number of benzene rings is 3. The molecule has 4 aromatic rings. The van der Waals surface area contributed by atoms with Crippen LogP contribution in [0.15, 0.2) is 90.3 Å². The van der Waals surface area contributed by atoms with Crippen LogP contribution in [0.25, 0.3) is 0 Å². The quantitative estimate of drug-likeness (QED) is 0.165. The van der Waals surface area contributed by atoms with Crippen LogP contribution in [0.5, 0.6) is 5.75 Å². The summed E-state index contributed by atoms with van der Waals surface area (Å²) in [7, 11) is 0. The van der Waals surface area contributed by atoms with Gasteiger partial charge in [0.05, 0.1) is 18.2 Å². The van der Waals surface area contributed by atoms with Gasteiger partial charge in [0.25, 0.3) is 11.8 Å². The Morgan fingerprint density at radius 3 is 2.50 bits per heavy atom. The van der Waals surface area contributed by atoms with Crippen molar-refractivity contribution in [1.82, 2.24) is 15.5 Å². The lowest BCUT2D eigenvalue weighted by molar-refractivity contribution is -0.274. The number of alkyl halides is 3. The number of aryl methyl sites for hydroxylation is 1. The first-order valence-corrected chi connectivity index (χ1v) is 16.0. The molecule has 0 bridgehead atoms. The summed E-state index contributed by atoms with van der Waals surface area (Å²) in [6.07, 6.45) is -3.70. The Kier molecular flexibility index (Phi) is 10.8. The van der Waals surface area contributed by atoms with Gasteiger partial charge in [-0.15, -0.1) is 24.5 Å². The first-order valence-electron chi connectivity index (χ1n) is 15.1. The van der Waals surface area contributed by atoms with Gasteiger partial charge in [-0.2, -0.15) is 0 Å². The summed E-state index contributed by atoms with van der Waals surface area (Å²) in [6, 6.07) is 23.5. The number of carbonyl (C=O) groups excluding carboxylic acids is 2. The number of likely N-dealkylation sites (tertiary alicyclic amines) is 1. The van der Waals surface area contributed by atoms with Gasteiger partial charge in [0, 0.05) is 35.6 Å². The van der Waals surface area contributed by atoms with Crippen LogP contribution in [0.1, 0.15) is 61.2 Å². The third-order valence-electron chi connectivity index (χ3n) is 7.87. The molecule has 3 N–H and O–H groups in total. The molecule has 2 heterocycles. The maximum atomic E-state index is 13.7. The average molecular weight is 652 g/mol. The number of ether oxygens (including phenoxy) is 1. The summed E-state index contributed by atoms with van der Waals surface area (Å²) < 4.78 is 41.9. The highest BCUT2D eigenvalue weighted by molar-refractivity contribution is 7.10. The molecule has 0 saturated carbocycles. The van der Waals surface area contributed by atoms with Gasteiger partial charge in [-0.1, -0.05) is 48.5 Å². The molecule has 2 amide bonds. The van der Waals surface area contributed by atoms with E-state index >= 15 is 0 Å². The topological polar surface area (TPSA) is 90.9 Å². The van der Waals surface area contributed by atoms with Crippen molar-refractivity contribution in [3.05, 3.63) is 123 Å². The molecule has 1 unspecified atom stereocenters. The Balaban J connectivity index is 1.28. The summed E-state index contributed by atoms with van der Waals surface area (Å²) in [6.45, 7) is 2.71. The zero-order valence-corrected chi connectivity index (χ0v) is 26.1. The second-order valence-electron chi connectivity index (χ2n) is 11.4. The number of aliphatic hydroxyl groups excluding tert-OH is 1. The first-order chi connectivity index (χ1) is 22.1. The van der Waals surface area contributed by atoms with Gasteiger partial charge in [0.15, 0.2) is 0 Å². The maximum absolute atomic E-state index is 13.7. The van der Waals surface area contributed by atoms with E-state index in [1.54, 1.807) is 35.6 Å². The Morgan fingerprint density at radius 1 is 1.00 bits per heavy atom. The predicted molar refractivity (Wildman–Crippen MR) is 171 cm³/mol. The molecule has 0 aliphatic carbocycles. The zero-order chi connectivity index (χ0) is 32.7. The van der Waals surface area contributed by atoms with Gasteiger partial charge < -0.3 is 25.4 Å². The zero-order valence-electron chi connectivity index (χ0n) is 25.3. The average Bonchev–Trinajstić information content (AvgIpc) is 3.72. The fourth-order valence-electron chi connectivity index (χ4n) is 5.75. The van der Waals surface area contributed by atoms with Crippen molar-refractivity contribution in [2.45, 2.75) is 57.3 Å². The molecule has 1 aliphatic heterocycles. The number of aliphatic hydroxyl groups is 1. The van der Waals surface area contributed by atoms with Crippen LogP contribution in [-0.2, 0) is 13.0 Å². The van der Waals surface area contributed by atoms with Crippen molar-refractivity contribution >= 4 is 23.2 Å². The van der Waals surface area contributed by atoms with E-state index in [0.717, 1.165) is 28.8 Å². The van der Waals surface area contributed by atoms with Crippen molar-refractivity contribution in [1.29, 1.82) is 0 Å². The first kappa shape index (κ1) is 33.2. The van der Waals surface area contributed by atoms with E-state index in [9.17, 15) is 27.9 Å². The van der Waals surface area contributed by atoms with Crippen LogP contribution in [0.2, 0.25) is 0 Å². The van der Waals surface area contributed by atoms with Crippen LogP contribution < -0.4 is 15.4 Å². The minimum atomic E-state index is -4.79. The van der Waals surface area contributed by atoms with Crippen molar-refractivity contribution < 1.29 is 32.6 Å². The normalized spacial score (nSPS) is 16.2. The van der Waals surface area contributed by atoms with Gasteiger partial charge in [-0.3, -0.25) is 9.59 Å². The lowest BCUT2D eigenvalue weighted by atomic mass is 9.99. The SMILES string of the molecule is Cc1cc(C(=O)N[C@@H](Cc2ccccc2)[C@H](O)CNCc2cccc(OC(F)(F)F)c2)cc(C(=O)N2CCCC2c2cccs2)c1. The molecule has 5 rings (SSSR count). The van der Waals surface area contributed by atoms with E-state index < -0.39 is 24.4 Å². The fourth-order valence-corrected chi connectivity index (χ4v) is 6.63. The Labute approximate surface area is 270 Å². The van der Waals surface area contributed by atoms with Crippen molar-refractivity contribution in [2.75, 3.05) is 13.1 Å². The van der Waals surface area contributed by atoms with Gasteiger partial charge in [-0.25, -0.2) is 0 Å². The van der Waals surface area contributed by atoms with E-state index in [0.29, 0.717) is 29.7 Å². The van der Waals surface area contributed by atoms with Gasteiger partial charge >= 0.3 is 6.36 Å². The molecule has 0 radical (unpaired) electrons. The number of rotatable bonds is 12. The minimum Gasteiger partial charge on any atom is -0.406 e. The standard InChI is InChI=1S/C35H36F3N3O4S/c1-23-16-26(20-27(17-23)34(44)41-14-6-12-30(41)32-13-7-15-46-32)33(43)40-29(19-24-8-3-2-4-9-24)31(42)22-39-21-25-10-5-11-28(18-25)45-35(36,37)38/h2-5,7-11,13,15-18,20,29-31,39,42H,6,12,14,19,21-22H2,1H3,(H,40,43)/t29-,30?,31+/m0/s1. The lowest BCUT2D eigenvalue weighted by Gasteiger charge is -2.26. The number of amides is 2. The fraction of sp³-hybridized carbons (Fsp3) is 0.314. The van der Waals surface area contributed by atoms with Crippen molar-refractivity contribution in [2.24, 2.45) is 0 Å². The second kappa shape index (κ2) is 14.9. The van der Waals surface area contributed by atoms with Crippen molar-refractivity contribution in [3.63, 3.8) is 0 Å². The summed E-state index contributed by atoms with van der Waals surface area (Å²) in [5, 5.41) is 19.2. The molecule has 3 atom stereocenters. The number of carbonyl (C=O) groups is 2. The monoisotopic (exact) mass is 651 g/mol. The van der Waals surface area contributed by atoms with E-state index in [1.165, 1.54) is 18.2 Å². The Morgan fingerprint density at radius 2 is 1.76 bits per heavy atom. The smallest absolute Gasteiger partial charge is 0.406 e. The van der Waals surface area contributed by atoms with Crippen LogP contribution in [0.4, 0.5) is 13.2 Å². The predicted octanol–water partition coefficient (Wildman–Crippen LogP) is 6.42. The third-order valence-corrected chi connectivity index (χ3v) is 8.84. The van der Waals surface area contributed by atoms with E-state index in [-0.39, 0.29) is 30.8 Å². The number of thiophene rings is 1. The molecule has 1 fully saturated rings. The molecule has 7 nitrogen and oxygen atoms in total.